The minimum Gasteiger partial charge on any atom is -0.497 e. The van der Waals surface area contributed by atoms with E-state index >= 15 is 0 Å². The number of nitrogens with zero attached hydrogens (tertiary/aromatic N) is 1. The number of benzene rings is 1. The Bertz CT molecular complexity index is 461. The maximum atomic E-state index is 12.0. The summed E-state index contributed by atoms with van der Waals surface area (Å²) in [5.74, 6) is 1.18. The van der Waals surface area contributed by atoms with Gasteiger partial charge in [0.1, 0.15) is 5.75 Å². The van der Waals surface area contributed by atoms with Gasteiger partial charge in [-0.1, -0.05) is 12.1 Å². The van der Waals surface area contributed by atoms with Gasteiger partial charge in [-0.15, -0.1) is 0 Å². The summed E-state index contributed by atoms with van der Waals surface area (Å²) in [5.41, 5.74) is 7.38. The third-order valence-electron chi connectivity index (χ3n) is 4.03. The number of rotatable bonds is 7. The second kappa shape index (κ2) is 7.43. The fourth-order valence-corrected chi connectivity index (χ4v) is 2.76. The summed E-state index contributed by atoms with van der Waals surface area (Å²) in [7, 11) is 3.32. The van der Waals surface area contributed by atoms with E-state index in [0.717, 1.165) is 30.8 Å². The number of likely N-dealkylation sites (tertiary alicyclic amines) is 1. The molecule has 0 aromatic heterocycles. The SMILES string of the molecule is COCCCN1CC(C(N)c2ccc(OC)cc2)CC1=O. The maximum Gasteiger partial charge on any atom is 0.222 e. The van der Waals surface area contributed by atoms with E-state index < -0.39 is 0 Å². The van der Waals surface area contributed by atoms with Gasteiger partial charge in [0, 0.05) is 45.2 Å². The number of amides is 1. The van der Waals surface area contributed by atoms with Crippen molar-refractivity contribution in [2.45, 2.75) is 18.9 Å². The van der Waals surface area contributed by atoms with Crippen LogP contribution in [0.25, 0.3) is 0 Å². The van der Waals surface area contributed by atoms with Crippen molar-refractivity contribution in [1.82, 2.24) is 4.90 Å². The molecule has 0 spiro atoms. The van der Waals surface area contributed by atoms with Gasteiger partial charge in [-0.2, -0.15) is 0 Å². The first-order valence-electron chi connectivity index (χ1n) is 7.32. The van der Waals surface area contributed by atoms with Crippen LogP contribution in [0, 0.1) is 5.92 Å². The lowest BCUT2D eigenvalue weighted by atomic mass is 9.93. The quantitative estimate of drug-likeness (QED) is 0.775. The summed E-state index contributed by atoms with van der Waals surface area (Å²) >= 11 is 0. The molecule has 5 heteroatoms. The topological polar surface area (TPSA) is 64.8 Å². The molecule has 2 atom stereocenters. The third-order valence-corrected chi connectivity index (χ3v) is 4.03. The van der Waals surface area contributed by atoms with E-state index in [2.05, 4.69) is 0 Å². The molecular formula is C16H24N2O3. The summed E-state index contributed by atoms with van der Waals surface area (Å²) in [6.45, 7) is 2.16. The molecule has 1 aromatic rings. The lowest BCUT2D eigenvalue weighted by molar-refractivity contribution is -0.127. The van der Waals surface area contributed by atoms with Crippen LogP contribution in [0.1, 0.15) is 24.4 Å². The average Bonchev–Trinajstić information content (AvgIpc) is 2.88. The Labute approximate surface area is 126 Å². The van der Waals surface area contributed by atoms with E-state index in [1.807, 2.05) is 29.2 Å². The maximum absolute atomic E-state index is 12.0. The molecule has 116 valence electrons. The summed E-state index contributed by atoms with van der Waals surface area (Å²) in [6, 6.07) is 7.64. The monoisotopic (exact) mass is 292 g/mol. The van der Waals surface area contributed by atoms with E-state index in [1.54, 1.807) is 14.2 Å². The Balaban J connectivity index is 1.93. The number of ether oxygens (including phenoxy) is 2. The zero-order chi connectivity index (χ0) is 15.2. The molecule has 2 N–H and O–H groups in total. The predicted molar refractivity (Wildman–Crippen MR) is 81.1 cm³/mol. The van der Waals surface area contributed by atoms with Gasteiger partial charge in [0.05, 0.1) is 7.11 Å². The van der Waals surface area contributed by atoms with Gasteiger partial charge in [-0.05, 0) is 24.1 Å². The zero-order valence-corrected chi connectivity index (χ0v) is 12.7. The van der Waals surface area contributed by atoms with Gasteiger partial charge in [0.2, 0.25) is 5.91 Å². The molecule has 0 saturated carbocycles. The van der Waals surface area contributed by atoms with Crippen molar-refractivity contribution in [3.8, 4) is 5.75 Å². The number of methoxy groups -OCH3 is 2. The highest BCUT2D eigenvalue weighted by atomic mass is 16.5. The average molecular weight is 292 g/mol. The van der Waals surface area contributed by atoms with Crippen LogP contribution in [0.4, 0.5) is 0 Å². The molecule has 1 fully saturated rings. The van der Waals surface area contributed by atoms with E-state index in [9.17, 15) is 4.79 Å². The largest absolute Gasteiger partial charge is 0.497 e. The van der Waals surface area contributed by atoms with Crippen molar-refractivity contribution in [3.05, 3.63) is 29.8 Å². The number of carbonyl (C=O) groups excluding carboxylic acids is 1. The Kier molecular flexibility index (Phi) is 5.59. The summed E-state index contributed by atoms with van der Waals surface area (Å²) in [4.78, 5) is 13.9. The third kappa shape index (κ3) is 3.95. The van der Waals surface area contributed by atoms with E-state index in [-0.39, 0.29) is 17.9 Å². The van der Waals surface area contributed by atoms with Crippen molar-refractivity contribution >= 4 is 5.91 Å². The molecule has 1 aliphatic heterocycles. The van der Waals surface area contributed by atoms with Crippen LogP contribution in [0.3, 0.4) is 0 Å². The van der Waals surface area contributed by atoms with Gasteiger partial charge >= 0.3 is 0 Å². The molecule has 1 saturated heterocycles. The second-order valence-electron chi connectivity index (χ2n) is 5.45. The fraction of sp³-hybridized carbons (Fsp3) is 0.562. The molecule has 1 heterocycles. The van der Waals surface area contributed by atoms with Crippen molar-refractivity contribution in [1.29, 1.82) is 0 Å². The molecule has 0 bridgehead atoms. The minimum absolute atomic E-state index is 0.118. The molecule has 2 unspecified atom stereocenters. The highest BCUT2D eigenvalue weighted by molar-refractivity contribution is 5.78. The molecule has 1 aromatic carbocycles. The highest BCUT2D eigenvalue weighted by Crippen LogP contribution is 2.29. The zero-order valence-electron chi connectivity index (χ0n) is 12.7. The van der Waals surface area contributed by atoms with Gasteiger partial charge in [-0.25, -0.2) is 0 Å². The molecular weight excluding hydrogens is 268 g/mol. The van der Waals surface area contributed by atoms with Crippen molar-refractivity contribution in [3.63, 3.8) is 0 Å². The Morgan fingerprint density at radius 1 is 1.33 bits per heavy atom. The summed E-state index contributed by atoms with van der Waals surface area (Å²) < 4.78 is 10.2. The second-order valence-corrected chi connectivity index (χ2v) is 5.45. The summed E-state index contributed by atoms with van der Waals surface area (Å²) in [6.07, 6.45) is 1.40. The van der Waals surface area contributed by atoms with Crippen LogP contribution < -0.4 is 10.5 Å². The molecule has 0 radical (unpaired) electrons. The first kappa shape index (κ1) is 15.8. The Morgan fingerprint density at radius 2 is 2.05 bits per heavy atom. The lowest BCUT2D eigenvalue weighted by Crippen LogP contribution is -2.29. The van der Waals surface area contributed by atoms with E-state index in [0.29, 0.717) is 13.0 Å². The van der Waals surface area contributed by atoms with Crippen LogP contribution in [0.2, 0.25) is 0 Å². The number of hydrogen-bond donors (Lipinski definition) is 1. The van der Waals surface area contributed by atoms with Crippen molar-refractivity contribution in [2.24, 2.45) is 11.7 Å². The normalized spacial score (nSPS) is 19.9. The van der Waals surface area contributed by atoms with E-state index in [4.69, 9.17) is 15.2 Å². The molecule has 1 amide bonds. The van der Waals surface area contributed by atoms with Crippen LogP contribution in [0.15, 0.2) is 24.3 Å². The number of carbonyl (C=O) groups is 1. The van der Waals surface area contributed by atoms with E-state index in [1.165, 1.54) is 0 Å². The predicted octanol–water partition coefficient (Wildman–Crippen LogP) is 1.58. The fourth-order valence-electron chi connectivity index (χ4n) is 2.76. The number of nitrogens with two attached hydrogens (primary N) is 1. The van der Waals surface area contributed by atoms with Crippen molar-refractivity contribution < 1.29 is 14.3 Å². The Morgan fingerprint density at radius 3 is 2.67 bits per heavy atom. The van der Waals surface area contributed by atoms with Crippen LogP contribution in [-0.2, 0) is 9.53 Å². The van der Waals surface area contributed by atoms with Gasteiger partial charge in [-0.3, -0.25) is 4.79 Å². The lowest BCUT2D eigenvalue weighted by Gasteiger charge is -2.20. The van der Waals surface area contributed by atoms with Gasteiger partial charge in [0.15, 0.2) is 0 Å². The first-order chi connectivity index (χ1) is 10.2. The van der Waals surface area contributed by atoms with Crippen molar-refractivity contribution in [2.75, 3.05) is 33.9 Å². The molecule has 5 nitrogen and oxygen atoms in total. The molecule has 21 heavy (non-hydrogen) atoms. The molecule has 1 aliphatic rings. The molecule has 2 rings (SSSR count). The minimum atomic E-state index is -0.118. The van der Waals surface area contributed by atoms with Crippen LogP contribution >= 0.6 is 0 Å². The summed E-state index contributed by atoms with van der Waals surface area (Å²) in [5, 5.41) is 0. The van der Waals surface area contributed by atoms with Crippen LogP contribution in [0.5, 0.6) is 5.75 Å². The van der Waals surface area contributed by atoms with Gasteiger partial charge < -0.3 is 20.1 Å². The smallest absolute Gasteiger partial charge is 0.222 e. The molecule has 0 aliphatic carbocycles. The van der Waals surface area contributed by atoms with Crippen LogP contribution in [-0.4, -0.2) is 44.7 Å². The standard InChI is InChI=1S/C16H24N2O3/c1-20-9-3-8-18-11-13(10-15(18)19)16(17)12-4-6-14(21-2)7-5-12/h4-7,13,16H,3,8-11,17H2,1-2H3. The number of hydrogen-bond acceptors (Lipinski definition) is 4. The van der Waals surface area contributed by atoms with Gasteiger partial charge in [0.25, 0.3) is 0 Å². The first-order valence-corrected chi connectivity index (χ1v) is 7.32. The Hall–Kier alpha value is -1.59. The highest BCUT2D eigenvalue weighted by Gasteiger charge is 2.33.